The third kappa shape index (κ3) is 2.52. The molecular weight excluding hydrogens is 258 g/mol. The third-order valence-corrected chi connectivity index (χ3v) is 4.43. The minimum Gasteiger partial charge on any atom is -0.198 e. The summed E-state index contributed by atoms with van der Waals surface area (Å²) in [6, 6.07) is 8.36. The van der Waals surface area contributed by atoms with Crippen LogP contribution in [0.4, 0.5) is 0 Å². The van der Waals surface area contributed by atoms with Crippen LogP contribution in [0.25, 0.3) is 0 Å². The summed E-state index contributed by atoms with van der Waals surface area (Å²) in [6.07, 6.45) is 3.18. The molecule has 3 heteroatoms. The lowest BCUT2D eigenvalue weighted by atomic mass is 10.2. The van der Waals surface area contributed by atoms with Crippen molar-refractivity contribution in [2.75, 3.05) is 0 Å². The number of hydrogen-bond donors (Lipinski definition) is 0. The number of nitrogens with zero attached hydrogens (tertiary/aromatic N) is 1. The van der Waals surface area contributed by atoms with E-state index in [0.717, 1.165) is 15.3 Å². The molecule has 1 saturated carbocycles. The highest BCUT2D eigenvalue weighted by Gasteiger charge is 2.23. The highest BCUT2D eigenvalue weighted by atomic mass is 79.9. The van der Waals surface area contributed by atoms with Crippen LogP contribution >= 0.6 is 27.7 Å². The van der Waals surface area contributed by atoms with Crippen molar-refractivity contribution < 1.29 is 0 Å². The van der Waals surface area contributed by atoms with Gasteiger partial charge in [-0.2, -0.15) is 5.26 Å². The van der Waals surface area contributed by atoms with Crippen molar-refractivity contribution in [1.29, 1.82) is 5.26 Å². The minimum atomic E-state index is 0.493. The van der Waals surface area contributed by atoms with Gasteiger partial charge in [-0.3, -0.25) is 0 Å². The van der Waals surface area contributed by atoms with E-state index < -0.39 is 0 Å². The summed E-state index contributed by atoms with van der Waals surface area (Å²) in [6.45, 7) is 0. The summed E-state index contributed by atoms with van der Waals surface area (Å²) in [5, 5.41) is 9.39. The van der Waals surface area contributed by atoms with Crippen molar-refractivity contribution in [2.24, 2.45) is 0 Å². The fraction of sp³-hybridized carbons (Fsp3) is 0.364. The van der Waals surface area contributed by atoms with E-state index in [4.69, 9.17) is 5.26 Å². The smallest absolute Gasteiger partial charge is 0.0669 e. The van der Waals surface area contributed by atoms with Crippen LogP contribution in [0.1, 0.15) is 18.4 Å². The summed E-state index contributed by atoms with van der Waals surface area (Å²) in [7, 11) is 0. The summed E-state index contributed by atoms with van der Waals surface area (Å²) >= 11 is 5.48. The van der Waals surface area contributed by atoms with Crippen molar-refractivity contribution in [2.45, 2.75) is 29.4 Å². The van der Waals surface area contributed by atoms with Gasteiger partial charge in [0.15, 0.2) is 0 Å². The molecule has 0 unspecified atom stereocenters. The van der Waals surface area contributed by atoms with E-state index in [0.29, 0.717) is 6.42 Å². The quantitative estimate of drug-likeness (QED) is 0.833. The first-order chi connectivity index (χ1) is 6.79. The van der Waals surface area contributed by atoms with Gasteiger partial charge in [-0.05, 0) is 46.5 Å². The van der Waals surface area contributed by atoms with Gasteiger partial charge >= 0.3 is 0 Å². The van der Waals surface area contributed by atoms with Crippen LogP contribution in [0.3, 0.4) is 0 Å². The maximum absolute atomic E-state index is 8.56. The van der Waals surface area contributed by atoms with Crippen molar-refractivity contribution in [3.05, 3.63) is 28.2 Å². The first-order valence-electron chi connectivity index (χ1n) is 4.61. The predicted octanol–water partition coefficient (Wildman–Crippen LogP) is 3.77. The van der Waals surface area contributed by atoms with Crippen molar-refractivity contribution in [3.8, 4) is 6.07 Å². The van der Waals surface area contributed by atoms with E-state index in [9.17, 15) is 0 Å². The fourth-order valence-corrected chi connectivity index (χ4v) is 2.96. The predicted molar refractivity (Wildman–Crippen MR) is 62.3 cm³/mol. The Morgan fingerprint density at radius 3 is 2.86 bits per heavy atom. The monoisotopic (exact) mass is 267 g/mol. The van der Waals surface area contributed by atoms with E-state index in [1.165, 1.54) is 17.7 Å². The first-order valence-corrected chi connectivity index (χ1v) is 6.29. The van der Waals surface area contributed by atoms with Crippen molar-refractivity contribution in [3.63, 3.8) is 0 Å². The normalized spacial score (nSPS) is 15.1. The van der Waals surface area contributed by atoms with E-state index >= 15 is 0 Å². The molecule has 72 valence electrons. The summed E-state index contributed by atoms with van der Waals surface area (Å²) in [5.41, 5.74) is 1.08. The van der Waals surface area contributed by atoms with Crippen LogP contribution in [-0.2, 0) is 6.42 Å². The Labute approximate surface area is 96.6 Å². The molecule has 1 fully saturated rings. The van der Waals surface area contributed by atoms with E-state index in [1.807, 2.05) is 23.9 Å². The molecule has 0 bridgehead atoms. The van der Waals surface area contributed by atoms with E-state index in [2.05, 4.69) is 28.1 Å². The Bertz CT molecular complexity index is 379. The lowest BCUT2D eigenvalue weighted by molar-refractivity contribution is 1.23. The standard InChI is InChI=1S/C11H10BrNS/c12-10-7-8(5-6-13)1-4-11(10)14-9-2-3-9/h1,4,7,9H,2-3,5H2. The van der Waals surface area contributed by atoms with Crippen molar-refractivity contribution in [1.82, 2.24) is 0 Å². The van der Waals surface area contributed by atoms with Crippen LogP contribution in [0.5, 0.6) is 0 Å². The summed E-state index contributed by atoms with van der Waals surface area (Å²) < 4.78 is 1.13. The summed E-state index contributed by atoms with van der Waals surface area (Å²) in [4.78, 5) is 1.30. The molecule has 1 aliphatic carbocycles. The molecule has 0 aromatic heterocycles. The average Bonchev–Trinajstić information content (AvgIpc) is 2.94. The maximum atomic E-state index is 8.56. The number of hydrogen-bond acceptors (Lipinski definition) is 2. The van der Waals surface area contributed by atoms with Crippen LogP contribution in [0.2, 0.25) is 0 Å². The highest BCUT2D eigenvalue weighted by molar-refractivity contribution is 9.10. The van der Waals surface area contributed by atoms with Gasteiger partial charge in [-0.1, -0.05) is 6.07 Å². The largest absolute Gasteiger partial charge is 0.198 e. The Morgan fingerprint density at radius 2 is 2.29 bits per heavy atom. The van der Waals surface area contributed by atoms with Gasteiger partial charge in [0.2, 0.25) is 0 Å². The van der Waals surface area contributed by atoms with Gasteiger partial charge in [-0.15, -0.1) is 11.8 Å². The van der Waals surface area contributed by atoms with E-state index in [-0.39, 0.29) is 0 Å². The van der Waals surface area contributed by atoms with Crippen LogP contribution in [0, 0.1) is 11.3 Å². The SMILES string of the molecule is N#CCc1ccc(SC2CC2)c(Br)c1. The minimum absolute atomic E-state index is 0.493. The lowest BCUT2D eigenvalue weighted by Gasteiger charge is -2.04. The second kappa shape index (κ2) is 4.37. The van der Waals surface area contributed by atoms with E-state index in [1.54, 1.807) is 0 Å². The topological polar surface area (TPSA) is 23.8 Å². The zero-order valence-corrected chi connectivity index (χ0v) is 10.1. The van der Waals surface area contributed by atoms with Crippen LogP contribution < -0.4 is 0 Å². The molecule has 0 heterocycles. The van der Waals surface area contributed by atoms with Gasteiger partial charge in [0, 0.05) is 14.6 Å². The number of thioether (sulfide) groups is 1. The Kier molecular flexibility index (Phi) is 3.15. The van der Waals surface area contributed by atoms with Gasteiger partial charge in [0.05, 0.1) is 12.5 Å². The molecular formula is C11H10BrNS. The Hall–Kier alpha value is -0.460. The van der Waals surface area contributed by atoms with Gasteiger partial charge in [0.25, 0.3) is 0 Å². The fourth-order valence-electron chi connectivity index (χ4n) is 1.21. The van der Waals surface area contributed by atoms with Gasteiger partial charge in [-0.25, -0.2) is 0 Å². The number of nitriles is 1. The Morgan fingerprint density at radius 1 is 1.50 bits per heavy atom. The molecule has 1 aromatic carbocycles. The molecule has 1 nitrogen and oxygen atoms in total. The second-order valence-electron chi connectivity index (χ2n) is 3.42. The highest BCUT2D eigenvalue weighted by Crippen LogP contribution is 2.41. The van der Waals surface area contributed by atoms with Gasteiger partial charge in [0.1, 0.15) is 0 Å². The molecule has 1 aromatic rings. The number of halogens is 1. The summed E-state index contributed by atoms with van der Waals surface area (Å²) in [5.74, 6) is 0. The third-order valence-electron chi connectivity index (χ3n) is 2.10. The van der Waals surface area contributed by atoms with Gasteiger partial charge < -0.3 is 0 Å². The molecule has 0 N–H and O–H groups in total. The zero-order valence-electron chi connectivity index (χ0n) is 7.66. The molecule has 1 aliphatic rings. The van der Waals surface area contributed by atoms with Crippen LogP contribution in [-0.4, -0.2) is 5.25 Å². The molecule has 0 saturated heterocycles. The molecule has 0 radical (unpaired) electrons. The molecule has 14 heavy (non-hydrogen) atoms. The molecule has 0 aliphatic heterocycles. The Balaban J connectivity index is 2.13. The lowest BCUT2D eigenvalue weighted by Crippen LogP contribution is -1.84. The molecule has 0 amide bonds. The molecule has 0 atom stereocenters. The molecule has 0 spiro atoms. The van der Waals surface area contributed by atoms with Crippen LogP contribution in [0.15, 0.2) is 27.6 Å². The first kappa shape index (κ1) is 10.1. The maximum Gasteiger partial charge on any atom is 0.0669 e. The number of benzene rings is 1. The zero-order chi connectivity index (χ0) is 9.97. The second-order valence-corrected chi connectivity index (χ2v) is 5.61. The molecule has 2 rings (SSSR count). The number of rotatable bonds is 3. The average molecular weight is 268 g/mol. The van der Waals surface area contributed by atoms with Crippen molar-refractivity contribution >= 4 is 27.7 Å².